The predicted octanol–water partition coefficient (Wildman–Crippen LogP) is 7.26. The van der Waals surface area contributed by atoms with Crippen LogP contribution in [0, 0.1) is 5.41 Å². The third-order valence-corrected chi connectivity index (χ3v) is 8.75. The normalized spacial score (nSPS) is 12.4. The van der Waals surface area contributed by atoms with Crippen molar-refractivity contribution in [1.29, 1.82) is 5.41 Å². The van der Waals surface area contributed by atoms with E-state index < -0.39 is 116 Å². The molecular weight excluding hydrogens is 640 g/mol. The molecule has 0 radical (unpaired) electrons. The van der Waals surface area contributed by atoms with E-state index in [9.17, 15) is 33.8 Å². The first-order valence-corrected chi connectivity index (χ1v) is 14.5. The van der Waals surface area contributed by atoms with Crippen molar-refractivity contribution >= 4 is 90.0 Å². The van der Waals surface area contributed by atoms with E-state index in [0.717, 1.165) is 6.92 Å². The quantitative estimate of drug-likeness (QED) is 0.138. The van der Waals surface area contributed by atoms with Crippen molar-refractivity contribution < 1.29 is 38.5 Å². The molecule has 0 aromatic heterocycles. The van der Waals surface area contributed by atoms with E-state index in [4.69, 9.17) is 10.1 Å². The van der Waals surface area contributed by atoms with Gasteiger partial charge in [-0.25, -0.2) is 4.31 Å². The van der Waals surface area contributed by atoms with Gasteiger partial charge in [-0.2, -0.15) is 15.5 Å². The Balaban J connectivity index is 2.12. The summed E-state index contributed by atoms with van der Waals surface area (Å²) < 4.78 is 75.9. The highest BCUT2D eigenvalue weighted by atomic mass is 32.2. The fraction of sp³-hybridized carbons (Fsp3) is 0.273. The Morgan fingerprint density at radius 2 is 1.65 bits per heavy atom. The summed E-state index contributed by atoms with van der Waals surface area (Å²) in [6.07, 6.45) is 0. The number of fused-ring (bicyclic) bond motifs is 1. The number of ketones is 1. The first-order valence-electron chi connectivity index (χ1n) is 11.0. The molecule has 2 N–H and O–H groups in total. The zero-order valence-corrected chi connectivity index (χ0v) is 24.8. The smallest absolute Gasteiger partial charge is 0.254 e. The van der Waals surface area contributed by atoms with Crippen LogP contribution < -0.4 is 14.4 Å². The highest BCUT2D eigenvalue weighted by Crippen LogP contribution is 2.54. The molecule has 216 valence electrons. The standard InChI is InChI=1S/C22H19F5N4O4S5/c1-4-35-14-5-10-7-30(21(28)11(10)6-12(14)22(34)29-3)8-13(33)15-17(36-23)16(31(40-27)9(2)32)19(38-25)20(39-26)18(15)37-24/h5-6,28H,4,7-8H2,1-3H3,(H,29,34). The van der Waals surface area contributed by atoms with E-state index in [1.807, 2.05) is 0 Å². The second kappa shape index (κ2) is 14.1. The second-order valence-electron chi connectivity index (χ2n) is 7.88. The molecule has 0 bridgehead atoms. The molecule has 2 aromatic carbocycles. The number of carbonyl (C=O) groups excluding carboxylic acids is 3. The predicted molar refractivity (Wildman–Crippen MR) is 149 cm³/mol. The van der Waals surface area contributed by atoms with E-state index >= 15 is 0 Å². The molecule has 1 aliphatic heterocycles. The molecule has 8 nitrogen and oxygen atoms in total. The SMILES string of the molecule is CCOc1cc2c(cc1C(=O)NC)C(=N)N(CC(=O)c1c(SF)c(SF)c(SF)c(N(SF)C(C)=O)c1SF)C2. The summed E-state index contributed by atoms with van der Waals surface area (Å²) in [5, 5.41) is 11.0. The van der Waals surface area contributed by atoms with Gasteiger partial charge in [0.05, 0.1) is 98.1 Å². The van der Waals surface area contributed by atoms with E-state index in [-0.39, 0.29) is 34.6 Å². The Kier molecular flexibility index (Phi) is 11.3. The fourth-order valence-corrected chi connectivity index (χ4v) is 6.86. The van der Waals surface area contributed by atoms with Crippen molar-refractivity contribution in [3.63, 3.8) is 0 Å². The van der Waals surface area contributed by atoms with Gasteiger partial charge in [0.1, 0.15) is 11.6 Å². The van der Waals surface area contributed by atoms with Crippen molar-refractivity contribution in [2.24, 2.45) is 0 Å². The number of nitrogens with one attached hydrogen (secondary N) is 2. The summed E-state index contributed by atoms with van der Waals surface area (Å²) in [4.78, 5) is 36.0. The van der Waals surface area contributed by atoms with Gasteiger partial charge in [0.15, 0.2) is 18.1 Å². The molecule has 0 saturated heterocycles. The lowest BCUT2D eigenvalue weighted by molar-refractivity contribution is -0.115. The largest absolute Gasteiger partial charge is 0.493 e. The van der Waals surface area contributed by atoms with Crippen molar-refractivity contribution in [2.75, 3.05) is 24.5 Å². The van der Waals surface area contributed by atoms with Crippen molar-refractivity contribution in [3.05, 3.63) is 34.4 Å². The van der Waals surface area contributed by atoms with Crippen LogP contribution in [0.1, 0.15) is 45.7 Å². The van der Waals surface area contributed by atoms with Gasteiger partial charge in [-0.15, -0.1) is 3.89 Å². The number of amides is 2. The molecule has 0 aliphatic carbocycles. The number of ether oxygens (including phenoxy) is 1. The maximum absolute atomic E-state index is 14.3. The van der Waals surface area contributed by atoms with E-state index in [1.165, 1.54) is 18.0 Å². The molecule has 1 aliphatic rings. The number of amidine groups is 1. The van der Waals surface area contributed by atoms with Crippen LogP contribution in [0.4, 0.5) is 25.1 Å². The Morgan fingerprint density at radius 3 is 2.15 bits per heavy atom. The monoisotopic (exact) mass is 658 g/mol. The van der Waals surface area contributed by atoms with Gasteiger partial charge >= 0.3 is 0 Å². The number of anilines is 1. The van der Waals surface area contributed by atoms with Crippen LogP contribution in [0.3, 0.4) is 0 Å². The minimum absolute atomic E-state index is 0.0277. The molecule has 0 atom stereocenters. The van der Waals surface area contributed by atoms with Crippen LogP contribution in [0.15, 0.2) is 31.7 Å². The minimum atomic E-state index is -1.04. The van der Waals surface area contributed by atoms with E-state index in [1.54, 1.807) is 13.0 Å². The minimum Gasteiger partial charge on any atom is -0.493 e. The van der Waals surface area contributed by atoms with E-state index in [0.29, 0.717) is 11.1 Å². The maximum atomic E-state index is 14.3. The van der Waals surface area contributed by atoms with Gasteiger partial charge in [0.2, 0.25) is 5.91 Å². The summed E-state index contributed by atoms with van der Waals surface area (Å²) in [5.41, 5.74) is -0.572. The molecule has 2 amide bonds. The molecule has 0 fully saturated rings. The zero-order chi connectivity index (χ0) is 29.7. The topological polar surface area (TPSA) is 103 Å². The summed E-state index contributed by atoms with van der Waals surface area (Å²) >= 11 is -3.38. The Labute approximate surface area is 248 Å². The third-order valence-electron chi connectivity index (χ3n) is 5.69. The molecule has 0 unspecified atom stereocenters. The van der Waals surface area contributed by atoms with Crippen molar-refractivity contribution in [3.8, 4) is 5.75 Å². The van der Waals surface area contributed by atoms with Crippen molar-refractivity contribution in [2.45, 2.75) is 40.0 Å². The summed E-state index contributed by atoms with van der Waals surface area (Å²) in [6, 6.07) is 2.96. The maximum Gasteiger partial charge on any atom is 0.254 e. The number of benzene rings is 2. The van der Waals surface area contributed by atoms with Crippen LogP contribution in [0.25, 0.3) is 0 Å². The zero-order valence-electron chi connectivity index (χ0n) is 20.7. The Hall–Kier alpha value is -2.28. The lowest BCUT2D eigenvalue weighted by atomic mass is 10.0. The van der Waals surface area contributed by atoms with E-state index in [2.05, 4.69) is 5.32 Å². The number of nitrogens with zero attached hydrogens (tertiary/aromatic N) is 2. The van der Waals surface area contributed by atoms with Crippen LogP contribution >= 0.6 is 60.9 Å². The molecular formula is C22H19F5N4O4S5. The fourth-order valence-electron chi connectivity index (χ4n) is 4.02. The summed E-state index contributed by atoms with van der Waals surface area (Å²) in [7, 11) is 1.42. The highest BCUT2D eigenvalue weighted by molar-refractivity contribution is 7.99. The van der Waals surface area contributed by atoms with Gasteiger partial charge in [0, 0.05) is 26.1 Å². The molecule has 40 heavy (non-hydrogen) atoms. The number of carbonyl (C=O) groups is 3. The number of rotatable bonds is 12. The van der Waals surface area contributed by atoms with Crippen LogP contribution in [0.2, 0.25) is 0 Å². The van der Waals surface area contributed by atoms with Gasteiger partial charge < -0.3 is 15.0 Å². The van der Waals surface area contributed by atoms with Crippen LogP contribution in [-0.4, -0.2) is 48.5 Å². The molecule has 3 rings (SSSR count). The average molecular weight is 659 g/mol. The first kappa shape index (κ1) is 32.2. The third kappa shape index (κ3) is 6.00. The number of halogens is 5. The first-order chi connectivity index (χ1) is 19.1. The van der Waals surface area contributed by atoms with Crippen molar-refractivity contribution in [1.82, 2.24) is 10.2 Å². The molecule has 0 saturated carbocycles. The molecule has 2 aromatic rings. The van der Waals surface area contributed by atoms with Crippen LogP contribution in [-0.2, 0) is 11.3 Å². The molecule has 1 heterocycles. The van der Waals surface area contributed by atoms with Gasteiger partial charge in [-0.1, -0.05) is 0 Å². The highest BCUT2D eigenvalue weighted by Gasteiger charge is 2.36. The van der Waals surface area contributed by atoms with Gasteiger partial charge in [0.25, 0.3) is 5.91 Å². The van der Waals surface area contributed by atoms with Gasteiger partial charge in [-0.05, 0) is 24.6 Å². The number of Topliss-reactive ketones (excluding diaryl/α,β-unsaturated/α-hetero) is 1. The Bertz CT molecular complexity index is 1370. The molecule has 18 heteroatoms. The van der Waals surface area contributed by atoms with Crippen LogP contribution in [0.5, 0.6) is 5.75 Å². The summed E-state index contributed by atoms with van der Waals surface area (Å²) in [6.45, 7) is 2.15. The van der Waals surface area contributed by atoms with Gasteiger partial charge in [-0.3, -0.25) is 19.8 Å². The molecule has 0 spiro atoms. The second-order valence-corrected chi connectivity index (χ2v) is 10.6. The average Bonchev–Trinajstić information content (AvgIpc) is 3.24. The number of hydrogen-bond acceptors (Lipinski definition) is 10. The number of hydrogen-bond donors (Lipinski definition) is 2. The Morgan fingerprint density at radius 1 is 1.02 bits per heavy atom. The summed E-state index contributed by atoms with van der Waals surface area (Å²) in [5.74, 6) is -2.48. The lowest BCUT2D eigenvalue weighted by Crippen LogP contribution is -2.31. The lowest BCUT2D eigenvalue weighted by Gasteiger charge is -2.25.